The highest BCUT2D eigenvalue weighted by Crippen LogP contribution is 2.11. The van der Waals surface area contributed by atoms with Crippen LogP contribution in [0.3, 0.4) is 0 Å². The molecule has 0 saturated carbocycles. The van der Waals surface area contributed by atoms with E-state index in [2.05, 4.69) is 31.0 Å². The fraction of sp³-hybridized carbons (Fsp3) is 0.471. The van der Waals surface area contributed by atoms with E-state index in [1.807, 2.05) is 26.0 Å². The molecular formula is C17H27NO. The van der Waals surface area contributed by atoms with E-state index in [0.29, 0.717) is 0 Å². The molecular weight excluding hydrogens is 234 g/mol. The Morgan fingerprint density at radius 1 is 1.32 bits per heavy atom. The van der Waals surface area contributed by atoms with Crippen LogP contribution in [-0.2, 0) is 11.2 Å². The summed E-state index contributed by atoms with van der Waals surface area (Å²) in [6.45, 7) is 11.6. The average Bonchev–Trinajstić information content (AvgIpc) is 2.30. The smallest absolute Gasteiger partial charge is 0.147 e. The summed E-state index contributed by atoms with van der Waals surface area (Å²) in [7, 11) is 0. The van der Waals surface area contributed by atoms with Gasteiger partial charge in [-0.2, -0.15) is 0 Å². The molecule has 0 radical (unpaired) electrons. The van der Waals surface area contributed by atoms with Crippen LogP contribution in [0.2, 0.25) is 0 Å². The van der Waals surface area contributed by atoms with Crippen molar-refractivity contribution < 1.29 is 4.79 Å². The third-order valence-corrected chi connectivity index (χ3v) is 3.37. The zero-order valence-corrected chi connectivity index (χ0v) is 11.8. The summed E-state index contributed by atoms with van der Waals surface area (Å²) in [5.74, 6) is 0.173. The Balaban J connectivity index is 0.00000324. The number of nitrogens with one attached hydrogen (secondary N) is 1. The van der Waals surface area contributed by atoms with Gasteiger partial charge in [-0.25, -0.2) is 0 Å². The van der Waals surface area contributed by atoms with E-state index in [-0.39, 0.29) is 25.3 Å². The summed E-state index contributed by atoms with van der Waals surface area (Å²) in [6, 6.07) is 8.21. The van der Waals surface area contributed by atoms with Gasteiger partial charge in [0.15, 0.2) is 0 Å². The molecule has 2 atom stereocenters. The van der Waals surface area contributed by atoms with Crippen LogP contribution in [0.5, 0.6) is 0 Å². The van der Waals surface area contributed by atoms with E-state index < -0.39 is 0 Å². The monoisotopic (exact) mass is 261 g/mol. The van der Waals surface area contributed by atoms with E-state index >= 15 is 0 Å². The Hall–Kier alpha value is -1.41. The van der Waals surface area contributed by atoms with E-state index in [1.165, 1.54) is 11.1 Å². The number of benzene rings is 1. The quantitative estimate of drug-likeness (QED) is 0.791. The molecule has 0 bridgehead atoms. The van der Waals surface area contributed by atoms with Gasteiger partial charge in [0.2, 0.25) is 0 Å². The molecule has 0 aliphatic rings. The zero-order chi connectivity index (χ0) is 13.7. The van der Waals surface area contributed by atoms with Crippen LogP contribution in [0.15, 0.2) is 36.4 Å². The van der Waals surface area contributed by atoms with Crippen molar-refractivity contribution in [3.05, 3.63) is 47.5 Å². The topological polar surface area (TPSA) is 29.1 Å². The van der Waals surface area contributed by atoms with Crippen LogP contribution in [0.25, 0.3) is 0 Å². The van der Waals surface area contributed by atoms with Gasteiger partial charge in [-0.15, -0.1) is 0 Å². The Morgan fingerprint density at radius 2 is 1.89 bits per heavy atom. The molecule has 1 N–H and O–H groups in total. The third kappa shape index (κ3) is 5.39. The number of aryl methyl sites for hydroxylation is 1. The summed E-state index contributed by atoms with van der Waals surface area (Å²) >= 11 is 0. The van der Waals surface area contributed by atoms with Gasteiger partial charge in [-0.1, -0.05) is 43.8 Å². The van der Waals surface area contributed by atoms with E-state index in [4.69, 9.17) is 0 Å². The molecule has 1 aromatic rings. The van der Waals surface area contributed by atoms with Crippen LogP contribution in [0.1, 0.15) is 39.3 Å². The van der Waals surface area contributed by atoms with E-state index in [9.17, 15) is 4.79 Å². The number of hydrogen-bond acceptors (Lipinski definition) is 2. The summed E-state index contributed by atoms with van der Waals surface area (Å²) in [5.41, 5.74) is 3.50. The molecule has 0 aromatic heterocycles. The van der Waals surface area contributed by atoms with Crippen molar-refractivity contribution in [1.82, 2.24) is 5.32 Å². The van der Waals surface area contributed by atoms with Crippen molar-refractivity contribution in [3.8, 4) is 0 Å². The number of rotatable bonds is 6. The largest absolute Gasteiger partial charge is 0.301 e. The van der Waals surface area contributed by atoms with Crippen molar-refractivity contribution in [2.45, 2.75) is 53.6 Å². The molecule has 0 amide bonds. The second kappa shape index (κ2) is 7.90. The maximum Gasteiger partial charge on any atom is 0.147 e. The first kappa shape index (κ1) is 17.6. The lowest BCUT2D eigenvalue weighted by atomic mass is 9.98. The Kier molecular flexibility index (Phi) is 7.32. The predicted octanol–water partition coefficient (Wildman–Crippen LogP) is 3.69. The number of carbonyl (C=O) groups excluding carboxylic acids is 1. The van der Waals surface area contributed by atoms with Crippen LogP contribution < -0.4 is 5.32 Å². The Morgan fingerprint density at radius 3 is 2.37 bits per heavy atom. The normalized spacial score (nSPS) is 13.3. The fourth-order valence-electron chi connectivity index (χ4n) is 1.82. The molecule has 0 saturated heterocycles. The molecule has 0 aliphatic heterocycles. The van der Waals surface area contributed by atoms with Gasteiger partial charge in [0.1, 0.15) is 5.78 Å². The minimum atomic E-state index is -0.141. The minimum absolute atomic E-state index is 0. The van der Waals surface area contributed by atoms with Crippen molar-refractivity contribution in [2.75, 3.05) is 0 Å². The lowest BCUT2D eigenvalue weighted by molar-refractivity contribution is -0.119. The maximum absolute atomic E-state index is 11.7. The molecule has 1 rings (SSSR count). The van der Waals surface area contributed by atoms with Crippen molar-refractivity contribution in [3.63, 3.8) is 0 Å². The Labute approximate surface area is 117 Å². The fourth-order valence-corrected chi connectivity index (χ4v) is 1.82. The molecule has 106 valence electrons. The predicted molar refractivity (Wildman–Crippen MR) is 83.5 cm³/mol. The highest BCUT2D eigenvalue weighted by Gasteiger charge is 2.18. The second-order valence-corrected chi connectivity index (χ2v) is 5.03. The molecule has 0 spiro atoms. The number of Topliss-reactive ketones (excluding diaryl/α,β-unsaturated/α-hetero) is 1. The lowest BCUT2D eigenvalue weighted by Gasteiger charge is -2.22. The van der Waals surface area contributed by atoms with Gasteiger partial charge in [-0.3, -0.25) is 4.79 Å². The average molecular weight is 261 g/mol. The van der Waals surface area contributed by atoms with Gasteiger partial charge in [0, 0.05) is 6.04 Å². The Bertz CT molecular complexity index is 437. The first-order chi connectivity index (χ1) is 8.41. The first-order valence-electron chi connectivity index (χ1n) is 6.38. The van der Waals surface area contributed by atoms with Crippen LogP contribution >= 0.6 is 0 Å². The van der Waals surface area contributed by atoms with Crippen molar-refractivity contribution >= 4 is 5.78 Å². The second-order valence-electron chi connectivity index (χ2n) is 5.03. The van der Waals surface area contributed by atoms with E-state index in [0.717, 1.165) is 12.0 Å². The minimum Gasteiger partial charge on any atom is -0.301 e. The standard InChI is InChI=1S/C16H23NO.CH4/c1-11(2)13(4)17-16(14(5)18)10-15-9-7-6-8-12(15)3;/h6-9,13,16-17H,1,10H2,2-5H3;1H4. The first-order valence-corrected chi connectivity index (χ1v) is 6.38. The highest BCUT2D eigenvalue weighted by molar-refractivity contribution is 5.81. The molecule has 0 aliphatic carbocycles. The van der Waals surface area contributed by atoms with Crippen LogP contribution in [-0.4, -0.2) is 17.9 Å². The summed E-state index contributed by atoms with van der Waals surface area (Å²) in [6.07, 6.45) is 0.736. The van der Waals surface area contributed by atoms with Crippen molar-refractivity contribution in [1.29, 1.82) is 0 Å². The molecule has 2 heteroatoms. The maximum atomic E-state index is 11.7. The van der Waals surface area contributed by atoms with Gasteiger partial charge in [0.05, 0.1) is 6.04 Å². The summed E-state index contributed by atoms with van der Waals surface area (Å²) < 4.78 is 0. The van der Waals surface area contributed by atoms with Gasteiger partial charge in [0.25, 0.3) is 0 Å². The number of hydrogen-bond donors (Lipinski definition) is 1. The van der Waals surface area contributed by atoms with Gasteiger partial charge >= 0.3 is 0 Å². The highest BCUT2D eigenvalue weighted by atomic mass is 16.1. The van der Waals surface area contributed by atoms with Crippen LogP contribution in [0.4, 0.5) is 0 Å². The van der Waals surface area contributed by atoms with Crippen molar-refractivity contribution in [2.24, 2.45) is 0 Å². The SMILES string of the molecule is C.C=C(C)C(C)NC(Cc1ccccc1C)C(C)=O. The van der Waals surface area contributed by atoms with Gasteiger partial charge in [-0.05, 0) is 45.2 Å². The molecule has 2 nitrogen and oxygen atoms in total. The molecule has 0 fully saturated rings. The molecule has 0 heterocycles. The molecule has 2 unspecified atom stereocenters. The summed E-state index contributed by atoms with van der Waals surface area (Å²) in [5, 5.41) is 3.34. The number of carbonyl (C=O) groups is 1. The zero-order valence-electron chi connectivity index (χ0n) is 11.8. The third-order valence-electron chi connectivity index (χ3n) is 3.37. The van der Waals surface area contributed by atoms with E-state index in [1.54, 1.807) is 6.92 Å². The molecule has 19 heavy (non-hydrogen) atoms. The lowest BCUT2D eigenvalue weighted by Crippen LogP contribution is -2.43. The van der Waals surface area contributed by atoms with Crippen LogP contribution in [0, 0.1) is 6.92 Å². The summed E-state index contributed by atoms with van der Waals surface area (Å²) in [4.78, 5) is 11.7. The number of ketones is 1. The van der Waals surface area contributed by atoms with Gasteiger partial charge < -0.3 is 5.32 Å². The molecule has 1 aromatic carbocycles.